The number of nitrogens with zero attached hydrogens (tertiary/aromatic N) is 3. The maximum absolute atomic E-state index is 10.9. The minimum atomic E-state index is -0.919. The predicted molar refractivity (Wildman–Crippen MR) is 88.4 cm³/mol. The summed E-state index contributed by atoms with van der Waals surface area (Å²) in [4.78, 5) is 22.3. The van der Waals surface area contributed by atoms with Gasteiger partial charge in [0.2, 0.25) is 0 Å². The number of rotatable bonds is 4. The van der Waals surface area contributed by atoms with E-state index in [9.17, 15) is 4.79 Å². The highest BCUT2D eigenvalue weighted by Crippen LogP contribution is 2.21. The van der Waals surface area contributed by atoms with Crippen molar-refractivity contribution in [3.05, 3.63) is 47.9 Å². The van der Waals surface area contributed by atoms with E-state index in [1.165, 1.54) is 19.4 Å². The molecule has 0 aliphatic carbocycles. The molecule has 1 aromatic carbocycles. The molecule has 0 saturated carbocycles. The topological polar surface area (TPSA) is 66.3 Å². The summed E-state index contributed by atoms with van der Waals surface area (Å²) in [5, 5.41) is 8.96. The Morgan fingerprint density at radius 2 is 2.09 bits per heavy atom. The molecule has 1 N–H and O–H groups in total. The minimum Gasteiger partial charge on any atom is -0.478 e. The Morgan fingerprint density at radius 3 is 2.78 bits per heavy atom. The van der Waals surface area contributed by atoms with Crippen LogP contribution in [0.25, 0.3) is 11.3 Å². The largest absolute Gasteiger partial charge is 0.478 e. The van der Waals surface area contributed by atoms with Gasteiger partial charge in [0.05, 0.1) is 23.1 Å². The number of carboxylic acids is 1. The van der Waals surface area contributed by atoms with Gasteiger partial charge >= 0.3 is 5.97 Å². The van der Waals surface area contributed by atoms with Crippen LogP contribution in [0.3, 0.4) is 0 Å². The zero-order chi connectivity index (χ0) is 16.2. The van der Waals surface area contributed by atoms with Gasteiger partial charge in [0.25, 0.3) is 0 Å². The lowest BCUT2D eigenvalue weighted by Gasteiger charge is -2.29. The van der Waals surface area contributed by atoms with Gasteiger partial charge in [-0.05, 0) is 50.9 Å². The van der Waals surface area contributed by atoms with Gasteiger partial charge in [0.15, 0.2) is 0 Å². The Bertz CT molecular complexity index is 685. The smallest absolute Gasteiger partial charge is 0.335 e. The third kappa shape index (κ3) is 3.93. The second-order valence-corrected chi connectivity index (χ2v) is 6.25. The first-order chi connectivity index (χ1) is 11.1. The number of likely N-dealkylation sites (tertiary alicyclic amines) is 1. The molecule has 0 radical (unpaired) electrons. The Hall–Kier alpha value is -2.27. The number of benzene rings is 1. The average molecular weight is 311 g/mol. The monoisotopic (exact) mass is 311 g/mol. The van der Waals surface area contributed by atoms with E-state index in [1.807, 2.05) is 6.20 Å². The molecule has 120 valence electrons. The Labute approximate surface area is 136 Å². The molecular weight excluding hydrogens is 290 g/mol. The molecule has 1 saturated heterocycles. The third-order valence-corrected chi connectivity index (χ3v) is 4.33. The highest BCUT2D eigenvalue weighted by atomic mass is 16.4. The van der Waals surface area contributed by atoms with Crippen LogP contribution in [0.2, 0.25) is 0 Å². The van der Waals surface area contributed by atoms with E-state index in [0.717, 1.165) is 29.9 Å². The van der Waals surface area contributed by atoms with E-state index in [1.54, 1.807) is 30.5 Å². The van der Waals surface area contributed by atoms with Gasteiger partial charge in [-0.3, -0.25) is 4.98 Å². The lowest BCUT2D eigenvalue weighted by Crippen LogP contribution is -2.33. The summed E-state index contributed by atoms with van der Waals surface area (Å²) < 4.78 is 0. The highest BCUT2D eigenvalue weighted by molar-refractivity contribution is 5.88. The summed E-state index contributed by atoms with van der Waals surface area (Å²) in [5.41, 5.74) is 2.97. The van der Waals surface area contributed by atoms with Crippen LogP contribution in [-0.2, 0) is 6.42 Å². The Kier molecular flexibility index (Phi) is 4.67. The van der Waals surface area contributed by atoms with Crippen LogP contribution >= 0.6 is 0 Å². The van der Waals surface area contributed by atoms with Gasteiger partial charge in [-0.25, -0.2) is 9.78 Å². The molecule has 1 unspecified atom stereocenters. The lowest BCUT2D eigenvalue weighted by atomic mass is 9.94. The molecule has 0 spiro atoms. The van der Waals surface area contributed by atoms with E-state index >= 15 is 0 Å². The first-order valence-corrected chi connectivity index (χ1v) is 7.95. The second kappa shape index (κ2) is 6.87. The molecule has 5 nitrogen and oxygen atoms in total. The fourth-order valence-corrected chi connectivity index (χ4v) is 3.16. The van der Waals surface area contributed by atoms with Gasteiger partial charge in [-0.15, -0.1) is 0 Å². The molecule has 0 amide bonds. The number of carbonyl (C=O) groups is 1. The third-order valence-electron chi connectivity index (χ3n) is 4.33. The van der Waals surface area contributed by atoms with Crippen LogP contribution < -0.4 is 0 Å². The Morgan fingerprint density at radius 1 is 1.30 bits per heavy atom. The molecule has 1 aromatic heterocycles. The summed E-state index contributed by atoms with van der Waals surface area (Å²) in [7, 11) is 2.16. The molecule has 5 heteroatoms. The summed E-state index contributed by atoms with van der Waals surface area (Å²) in [5.74, 6) is -0.287. The predicted octanol–water partition coefficient (Wildman–Crippen LogP) is 2.73. The van der Waals surface area contributed by atoms with Crippen molar-refractivity contribution in [2.75, 3.05) is 20.1 Å². The number of aromatic nitrogens is 2. The molecule has 2 heterocycles. The SMILES string of the molecule is CN1CCCC(Cc2cncc(-c3ccc(C(=O)O)cc3)n2)C1. The summed E-state index contributed by atoms with van der Waals surface area (Å²) in [6.45, 7) is 2.29. The average Bonchev–Trinajstić information content (AvgIpc) is 2.55. The van der Waals surface area contributed by atoms with Crippen LogP contribution in [0.5, 0.6) is 0 Å². The maximum Gasteiger partial charge on any atom is 0.335 e. The zero-order valence-electron chi connectivity index (χ0n) is 13.3. The van der Waals surface area contributed by atoms with Gasteiger partial charge in [-0.2, -0.15) is 0 Å². The quantitative estimate of drug-likeness (QED) is 0.940. The van der Waals surface area contributed by atoms with Crippen molar-refractivity contribution in [3.63, 3.8) is 0 Å². The Balaban J connectivity index is 1.75. The van der Waals surface area contributed by atoms with Crippen LogP contribution in [0.1, 0.15) is 28.9 Å². The molecule has 1 fully saturated rings. The summed E-state index contributed by atoms with van der Waals surface area (Å²) >= 11 is 0. The number of carboxylic acid groups (broad SMARTS) is 1. The molecule has 1 atom stereocenters. The van der Waals surface area contributed by atoms with Crippen molar-refractivity contribution in [2.24, 2.45) is 5.92 Å². The number of aromatic carboxylic acids is 1. The first-order valence-electron chi connectivity index (χ1n) is 7.95. The molecular formula is C18H21N3O2. The van der Waals surface area contributed by atoms with E-state index in [2.05, 4.69) is 16.9 Å². The molecule has 1 aliphatic rings. The van der Waals surface area contributed by atoms with E-state index in [0.29, 0.717) is 5.92 Å². The van der Waals surface area contributed by atoms with Crippen molar-refractivity contribution in [3.8, 4) is 11.3 Å². The standard InChI is InChI=1S/C18H21N3O2/c1-21-8-2-3-13(12-21)9-16-10-19-11-17(20-16)14-4-6-15(7-5-14)18(22)23/h4-7,10-11,13H,2-3,8-9,12H2,1H3,(H,22,23). The second-order valence-electron chi connectivity index (χ2n) is 6.25. The molecule has 2 aromatic rings. The van der Waals surface area contributed by atoms with Gasteiger partial charge < -0.3 is 10.0 Å². The van der Waals surface area contributed by atoms with Crippen molar-refractivity contribution in [1.29, 1.82) is 0 Å². The van der Waals surface area contributed by atoms with Crippen LogP contribution in [0.4, 0.5) is 0 Å². The van der Waals surface area contributed by atoms with E-state index in [-0.39, 0.29) is 5.56 Å². The van der Waals surface area contributed by atoms with Gasteiger partial charge in [0.1, 0.15) is 0 Å². The van der Waals surface area contributed by atoms with E-state index in [4.69, 9.17) is 10.1 Å². The fourth-order valence-electron chi connectivity index (χ4n) is 3.16. The van der Waals surface area contributed by atoms with Crippen molar-refractivity contribution < 1.29 is 9.90 Å². The van der Waals surface area contributed by atoms with Crippen molar-refractivity contribution in [2.45, 2.75) is 19.3 Å². The van der Waals surface area contributed by atoms with Crippen LogP contribution in [0.15, 0.2) is 36.7 Å². The summed E-state index contributed by atoms with van der Waals surface area (Å²) in [6.07, 6.45) is 6.99. The minimum absolute atomic E-state index is 0.281. The van der Waals surface area contributed by atoms with Gasteiger partial charge in [0, 0.05) is 18.3 Å². The van der Waals surface area contributed by atoms with Crippen LogP contribution in [-0.4, -0.2) is 46.1 Å². The normalized spacial score (nSPS) is 18.7. The lowest BCUT2D eigenvalue weighted by molar-refractivity contribution is 0.0697. The van der Waals surface area contributed by atoms with Crippen molar-refractivity contribution >= 4 is 5.97 Å². The van der Waals surface area contributed by atoms with Gasteiger partial charge in [-0.1, -0.05) is 12.1 Å². The molecule has 23 heavy (non-hydrogen) atoms. The number of hydrogen-bond acceptors (Lipinski definition) is 4. The zero-order valence-corrected chi connectivity index (χ0v) is 13.3. The van der Waals surface area contributed by atoms with Crippen molar-refractivity contribution in [1.82, 2.24) is 14.9 Å². The van der Waals surface area contributed by atoms with E-state index < -0.39 is 5.97 Å². The van der Waals surface area contributed by atoms with Crippen LogP contribution in [0, 0.1) is 5.92 Å². The molecule has 3 rings (SSSR count). The molecule has 0 bridgehead atoms. The number of piperidine rings is 1. The first kappa shape index (κ1) is 15.6. The maximum atomic E-state index is 10.9. The molecule has 1 aliphatic heterocycles. The summed E-state index contributed by atoms with van der Waals surface area (Å²) in [6, 6.07) is 6.77. The number of hydrogen-bond donors (Lipinski definition) is 1. The fraction of sp³-hybridized carbons (Fsp3) is 0.389. The highest BCUT2D eigenvalue weighted by Gasteiger charge is 2.18.